The van der Waals surface area contributed by atoms with Gasteiger partial charge in [0.25, 0.3) is 0 Å². The standard InChI is InChI=1S/C20H30O4/c1-13-6-5-10-19(3,22)17-12-15(14(2)18(21)23-17)9-11-20(4)16(24-20)8-7-13/h6,15-17,22H,2,5,7-12H2,1,3-4H3/b13-6+/t15?,16-,17+,19-,20-/m0/s1. The van der Waals surface area contributed by atoms with Crippen LogP contribution in [0.4, 0.5) is 0 Å². The van der Waals surface area contributed by atoms with Gasteiger partial charge in [-0.1, -0.05) is 18.2 Å². The van der Waals surface area contributed by atoms with Crippen molar-refractivity contribution in [2.45, 2.75) is 89.1 Å². The quantitative estimate of drug-likeness (QED) is 0.318. The van der Waals surface area contributed by atoms with Gasteiger partial charge >= 0.3 is 5.97 Å². The number of esters is 1. The molecule has 1 unspecified atom stereocenters. The third-order valence-electron chi connectivity index (χ3n) is 6.17. The third-order valence-corrected chi connectivity index (χ3v) is 6.17. The molecule has 1 aliphatic carbocycles. The molecular formula is C20H30O4. The predicted molar refractivity (Wildman–Crippen MR) is 92.5 cm³/mol. The molecule has 0 spiro atoms. The number of hydrogen-bond acceptors (Lipinski definition) is 4. The number of rotatable bonds is 0. The second-order valence-electron chi connectivity index (χ2n) is 8.29. The number of carbonyl (C=O) groups is 1. The number of hydrogen-bond donors (Lipinski definition) is 1. The second kappa shape index (κ2) is 6.30. The summed E-state index contributed by atoms with van der Waals surface area (Å²) in [7, 11) is 0. The molecule has 3 rings (SSSR count). The largest absolute Gasteiger partial charge is 0.456 e. The molecule has 2 bridgehead atoms. The zero-order chi connectivity index (χ0) is 17.5. The highest BCUT2D eigenvalue weighted by Gasteiger charge is 2.52. The van der Waals surface area contributed by atoms with Crippen LogP contribution in [0.3, 0.4) is 0 Å². The molecule has 4 heteroatoms. The van der Waals surface area contributed by atoms with E-state index in [0.29, 0.717) is 24.5 Å². The van der Waals surface area contributed by atoms with E-state index in [1.165, 1.54) is 5.57 Å². The van der Waals surface area contributed by atoms with E-state index in [4.69, 9.17) is 9.47 Å². The maximum absolute atomic E-state index is 12.2. The molecule has 0 aromatic carbocycles. The highest BCUT2D eigenvalue weighted by atomic mass is 16.6. The van der Waals surface area contributed by atoms with Crippen LogP contribution in [0.5, 0.6) is 0 Å². The molecule has 5 atom stereocenters. The van der Waals surface area contributed by atoms with Crippen molar-refractivity contribution >= 4 is 5.97 Å². The van der Waals surface area contributed by atoms with E-state index in [2.05, 4.69) is 26.5 Å². The molecule has 1 N–H and O–H groups in total. The van der Waals surface area contributed by atoms with Crippen molar-refractivity contribution in [3.8, 4) is 0 Å². The fourth-order valence-corrected chi connectivity index (χ4v) is 4.06. The third kappa shape index (κ3) is 3.60. The minimum atomic E-state index is -1.00. The van der Waals surface area contributed by atoms with Crippen molar-refractivity contribution in [1.82, 2.24) is 0 Å². The van der Waals surface area contributed by atoms with Gasteiger partial charge in [0.2, 0.25) is 0 Å². The average molecular weight is 334 g/mol. The summed E-state index contributed by atoms with van der Waals surface area (Å²) < 4.78 is 11.4. The van der Waals surface area contributed by atoms with Crippen molar-refractivity contribution in [3.63, 3.8) is 0 Å². The van der Waals surface area contributed by atoms with Crippen LogP contribution in [-0.2, 0) is 14.3 Å². The lowest BCUT2D eigenvalue weighted by molar-refractivity contribution is -0.168. The zero-order valence-electron chi connectivity index (χ0n) is 15.1. The number of allylic oxidation sites excluding steroid dienone is 2. The van der Waals surface area contributed by atoms with Gasteiger partial charge in [0.1, 0.15) is 6.10 Å². The lowest BCUT2D eigenvalue weighted by atomic mass is 9.79. The first-order valence-electron chi connectivity index (χ1n) is 9.17. The molecule has 0 amide bonds. The van der Waals surface area contributed by atoms with E-state index < -0.39 is 11.7 Å². The van der Waals surface area contributed by atoms with Crippen LogP contribution in [0.15, 0.2) is 23.8 Å². The van der Waals surface area contributed by atoms with E-state index in [1.54, 1.807) is 6.92 Å². The number of carbonyl (C=O) groups excluding carboxylic acids is 1. The first kappa shape index (κ1) is 17.7. The topological polar surface area (TPSA) is 59.1 Å². The van der Waals surface area contributed by atoms with Crippen molar-refractivity contribution < 1.29 is 19.4 Å². The Bertz CT molecular complexity index is 562. The van der Waals surface area contributed by atoms with Crippen LogP contribution in [0, 0.1) is 5.92 Å². The smallest absolute Gasteiger partial charge is 0.334 e. The summed E-state index contributed by atoms with van der Waals surface area (Å²) in [6, 6.07) is 0. The summed E-state index contributed by atoms with van der Waals surface area (Å²) in [6.07, 6.45) is 7.98. The van der Waals surface area contributed by atoms with Crippen LogP contribution < -0.4 is 0 Å². The summed E-state index contributed by atoms with van der Waals surface area (Å²) in [5.74, 6) is -0.279. The van der Waals surface area contributed by atoms with Crippen molar-refractivity contribution in [2.24, 2.45) is 5.92 Å². The molecule has 2 aliphatic heterocycles. The van der Waals surface area contributed by atoms with Crippen LogP contribution in [0.25, 0.3) is 0 Å². The minimum Gasteiger partial charge on any atom is -0.456 e. The van der Waals surface area contributed by atoms with E-state index in [0.717, 1.165) is 32.1 Å². The number of epoxide rings is 1. The molecule has 4 nitrogen and oxygen atoms in total. The Kier molecular flexibility index (Phi) is 4.65. The summed E-state index contributed by atoms with van der Waals surface area (Å²) in [4.78, 5) is 12.2. The van der Waals surface area contributed by atoms with Gasteiger partial charge in [-0.3, -0.25) is 0 Å². The number of aliphatic hydroxyl groups is 1. The summed E-state index contributed by atoms with van der Waals surface area (Å²) >= 11 is 0. The van der Waals surface area contributed by atoms with Gasteiger partial charge in [-0.05, 0) is 71.6 Å². The molecule has 24 heavy (non-hydrogen) atoms. The van der Waals surface area contributed by atoms with Crippen molar-refractivity contribution in [2.75, 3.05) is 0 Å². The van der Waals surface area contributed by atoms with Gasteiger partial charge in [-0.15, -0.1) is 0 Å². The molecular weight excluding hydrogens is 304 g/mol. The van der Waals surface area contributed by atoms with Crippen LogP contribution in [0.2, 0.25) is 0 Å². The molecule has 0 saturated carbocycles. The monoisotopic (exact) mass is 334 g/mol. The summed E-state index contributed by atoms with van der Waals surface area (Å²) in [5.41, 5.74) is 0.820. The van der Waals surface area contributed by atoms with Gasteiger partial charge in [0.05, 0.1) is 17.3 Å². The second-order valence-corrected chi connectivity index (χ2v) is 8.29. The first-order valence-corrected chi connectivity index (χ1v) is 9.17. The Morgan fingerprint density at radius 1 is 1.25 bits per heavy atom. The molecule has 0 aromatic rings. The summed E-state index contributed by atoms with van der Waals surface area (Å²) in [5, 5.41) is 10.8. The van der Waals surface area contributed by atoms with Crippen molar-refractivity contribution in [1.29, 1.82) is 0 Å². The van der Waals surface area contributed by atoms with Crippen LogP contribution >= 0.6 is 0 Å². The van der Waals surface area contributed by atoms with Crippen LogP contribution in [-0.4, -0.2) is 34.5 Å². The lowest BCUT2D eigenvalue weighted by Crippen LogP contribution is -2.47. The lowest BCUT2D eigenvalue weighted by Gasteiger charge is -2.39. The predicted octanol–water partition coefficient (Wildman–Crippen LogP) is 3.68. The normalized spacial score (nSPS) is 46.2. The fraction of sp³-hybridized carbons (Fsp3) is 0.750. The molecule has 2 saturated heterocycles. The van der Waals surface area contributed by atoms with E-state index in [1.807, 2.05) is 0 Å². The SMILES string of the molecule is C=C1C(=O)O[C@@H]2CC1CC[C@]1(C)O[C@H]1CC/C(C)=C/CC[C@]2(C)O. The molecule has 134 valence electrons. The molecule has 3 aliphatic rings. The van der Waals surface area contributed by atoms with Crippen molar-refractivity contribution in [3.05, 3.63) is 23.8 Å². The number of fused-ring (bicyclic) bond motifs is 3. The van der Waals surface area contributed by atoms with Crippen LogP contribution in [0.1, 0.15) is 65.7 Å². The average Bonchev–Trinajstić information content (AvgIpc) is 3.16. The van der Waals surface area contributed by atoms with E-state index in [9.17, 15) is 9.90 Å². The first-order chi connectivity index (χ1) is 11.2. The highest BCUT2D eigenvalue weighted by Crippen LogP contribution is 2.46. The fourth-order valence-electron chi connectivity index (χ4n) is 4.06. The zero-order valence-corrected chi connectivity index (χ0v) is 15.1. The molecule has 0 radical (unpaired) electrons. The van der Waals surface area contributed by atoms with E-state index in [-0.39, 0.29) is 17.5 Å². The molecule has 0 aromatic heterocycles. The Morgan fingerprint density at radius 3 is 2.75 bits per heavy atom. The maximum atomic E-state index is 12.2. The Morgan fingerprint density at radius 2 is 2.00 bits per heavy atom. The van der Waals surface area contributed by atoms with Gasteiger partial charge < -0.3 is 14.6 Å². The highest BCUT2D eigenvalue weighted by molar-refractivity contribution is 5.89. The minimum absolute atomic E-state index is 0.0654. The van der Waals surface area contributed by atoms with E-state index >= 15 is 0 Å². The Hall–Kier alpha value is -1.13. The number of ether oxygens (including phenoxy) is 2. The summed E-state index contributed by atoms with van der Waals surface area (Å²) in [6.45, 7) is 10.0. The Labute approximate surface area is 144 Å². The van der Waals surface area contributed by atoms with Gasteiger partial charge in [0, 0.05) is 5.57 Å². The maximum Gasteiger partial charge on any atom is 0.334 e. The van der Waals surface area contributed by atoms with Gasteiger partial charge in [-0.25, -0.2) is 4.79 Å². The van der Waals surface area contributed by atoms with Gasteiger partial charge in [-0.2, -0.15) is 0 Å². The molecule has 2 fully saturated rings. The Balaban J connectivity index is 1.80. The van der Waals surface area contributed by atoms with Gasteiger partial charge in [0.15, 0.2) is 0 Å². The molecule has 2 heterocycles.